The van der Waals surface area contributed by atoms with E-state index in [0.29, 0.717) is 27.4 Å². The Balaban J connectivity index is 1.89. The Kier molecular flexibility index (Phi) is 4.76. The number of halogens is 1. The van der Waals surface area contributed by atoms with Gasteiger partial charge in [-0.1, -0.05) is 23.2 Å². The molecule has 1 heterocycles. The highest BCUT2D eigenvalue weighted by Gasteiger charge is 2.11. The molecule has 6 heteroatoms. The van der Waals surface area contributed by atoms with Crippen molar-refractivity contribution in [1.82, 2.24) is 4.57 Å². The van der Waals surface area contributed by atoms with E-state index < -0.39 is 0 Å². The molecule has 0 aliphatic rings. The number of hydrogen-bond donors (Lipinski definition) is 1. The van der Waals surface area contributed by atoms with E-state index in [1.54, 1.807) is 29.0 Å². The molecular weight excluding hydrogens is 340 g/mol. The number of carbonyl (C=O) groups excluding carboxylic acids is 1. The van der Waals surface area contributed by atoms with E-state index in [1.807, 2.05) is 25.1 Å². The van der Waals surface area contributed by atoms with Crippen LogP contribution >= 0.6 is 11.6 Å². The molecule has 0 atom stereocenters. The normalized spacial score (nSPS) is 10.7. The third-order valence-electron chi connectivity index (χ3n) is 3.88. The van der Waals surface area contributed by atoms with Gasteiger partial charge in [0.1, 0.15) is 12.3 Å². The Hall–Kier alpha value is -2.79. The molecule has 0 fully saturated rings. The van der Waals surface area contributed by atoms with Gasteiger partial charge < -0.3 is 14.6 Å². The Labute approximate surface area is 149 Å². The molecule has 0 aliphatic heterocycles. The number of nitrogens with one attached hydrogen (secondary N) is 1. The van der Waals surface area contributed by atoms with E-state index in [-0.39, 0.29) is 17.9 Å². The number of nitrogens with zero attached hydrogens (tertiary/aromatic N) is 1. The number of rotatable bonds is 4. The Morgan fingerprint density at radius 3 is 2.76 bits per heavy atom. The predicted molar refractivity (Wildman–Crippen MR) is 99.6 cm³/mol. The van der Waals surface area contributed by atoms with Crippen molar-refractivity contribution in [3.05, 3.63) is 69.5 Å². The Bertz CT molecular complexity index is 1010. The number of hydrogen-bond acceptors (Lipinski definition) is 3. The van der Waals surface area contributed by atoms with Crippen molar-refractivity contribution in [3.63, 3.8) is 0 Å². The number of methoxy groups -OCH3 is 1. The van der Waals surface area contributed by atoms with Gasteiger partial charge in [0.2, 0.25) is 5.91 Å². The van der Waals surface area contributed by atoms with Gasteiger partial charge >= 0.3 is 0 Å². The van der Waals surface area contributed by atoms with Crippen LogP contribution in [0.1, 0.15) is 5.56 Å². The van der Waals surface area contributed by atoms with Gasteiger partial charge in [-0.2, -0.15) is 0 Å². The molecule has 1 amide bonds. The van der Waals surface area contributed by atoms with E-state index in [9.17, 15) is 9.59 Å². The molecule has 5 nitrogen and oxygen atoms in total. The molecule has 0 radical (unpaired) electrons. The monoisotopic (exact) mass is 356 g/mol. The number of ether oxygens (including phenoxy) is 1. The number of aryl methyl sites for hydroxylation is 1. The maximum atomic E-state index is 12.4. The fourth-order valence-corrected chi connectivity index (χ4v) is 2.86. The highest BCUT2D eigenvalue weighted by Crippen LogP contribution is 2.27. The second-order valence-electron chi connectivity index (χ2n) is 5.72. The van der Waals surface area contributed by atoms with E-state index in [0.717, 1.165) is 5.56 Å². The SMILES string of the molecule is COc1ccc(Cl)cc1NC(=O)Cn1ccc(=O)c2cc(C)ccc21. The van der Waals surface area contributed by atoms with Crippen molar-refractivity contribution in [1.29, 1.82) is 0 Å². The summed E-state index contributed by atoms with van der Waals surface area (Å²) in [5.74, 6) is 0.282. The summed E-state index contributed by atoms with van der Waals surface area (Å²) in [6, 6.07) is 12.1. The standard InChI is InChI=1S/C19H17ClN2O3/c1-12-3-5-16-14(9-12)17(23)7-8-22(16)11-19(24)21-15-10-13(20)4-6-18(15)25-2/h3-10H,11H2,1-2H3,(H,21,24). The maximum Gasteiger partial charge on any atom is 0.244 e. The zero-order valence-corrected chi connectivity index (χ0v) is 14.6. The van der Waals surface area contributed by atoms with Crippen LogP contribution in [-0.4, -0.2) is 17.6 Å². The highest BCUT2D eigenvalue weighted by atomic mass is 35.5. The smallest absolute Gasteiger partial charge is 0.244 e. The number of pyridine rings is 1. The zero-order chi connectivity index (χ0) is 18.0. The van der Waals surface area contributed by atoms with Crippen LogP contribution in [0.5, 0.6) is 5.75 Å². The lowest BCUT2D eigenvalue weighted by Crippen LogP contribution is -2.20. The number of amides is 1. The van der Waals surface area contributed by atoms with Crippen LogP contribution in [0.15, 0.2) is 53.5 Å². The molecular formula is C19H17ClN2O3. The minimum Gasteiger partial charge on any atom is -0.495 e. The molecule has 3 rings (SSSR count). The molecule has 0 saturated heterocycles. The first-order valence-corrected chi connectivity index (χ1v) is 8.09. The predicted octanol–water partition coefficient (Wildman–Crippen LogP) is 3.61. The lowest BCUT2D eigenvalue weighted by atomic mass is 10.1. The molecule has 0 unspecified atom stereocenters. The Morgan fingerprint density at radius 1 is 1.20 bits per heavy atom. The first kappa shape index (κ1) is 17.0. The van der Waals surface area contributed by atoms with Crippen molar-refractivity contribution >= 4 is 34.1 Å². The van der Waals surface area contributed by atoms with E-state index in [2.05, 4.69) is 5.32 Å². The minimum atomic E-state index is -0.244. The van der Waals surface area contributed by atoms with E-state index in [4.69, 9.17) is 16.3 Å². The number of carbonyl (C=O) groups is 1. The third kappa shape index (κ3) is 3.67. The first-order valence-electron chi connectivity index (χ1n) is 7.71. The number of aromatic nitrogens is 1. The third-order valence-corrected chi connectivity index (χ3v) is 4.12. The first-order chi connectivity index (χ1) is 12.0. The van der Waals surface area contributed by atoms with Gasteiger partial charge in [-0.15, -0.1) is 0 Å². The molecule has 0 spiro atoms. The molecule has 0 saturated carbocycles. The quantitative estimate of drug-likeness (QED) is 0.776. The average Bonchev–Trinajstić information content (AvgIpc) is 2.58. The van der Waals surface area contributed by atoms with Gasteiger partial charge in [0.15, 0.2) is 5.43 Å². The van der Waals surface area contributed by atoms with Crippen molar-refractivity contribution < 1.29 is 9.53 Å². The van der Waals surface area contributed by atoms with Crippen molar-refractivity contribution in [2.75, 3.05) is 12.4 Å². The number of benzene rings is 2. The lowest BCUT2D eigenvalue weighted by molar-refractivity contribution is -0.116. The van der Waals surface area contributed by atoms with Crippen LogP contribution in [0.2, 0.25) is 5.02 Å². The van der Waals surface area contributed by atoms with Gasteiger partial charge in [0, 0.05) is 22.7 Å². The fourth-order valence-electron chi connectivity index (χ4n) is 2.69. The summed E-state index contributed by atoms with van der Waals surface area (Å²) in [5, 5.41) is 3.89. The molecule has 2 aromatic carbocycles. The summed E-state index contributed by atoms with van der Waals surface area (Å²) < 4.78 is 6.97. The summed E-state index contributed by atoms with van der Waals surface area (Å²) in [4.78, 5) is 24.5. The van der Waals surface area contributed by atoms with Crippen LogP contribution < -0.4 is 15.5 Å². The van der Waals surface area contributed by atoms with Gasteiger partial charge in [-0.05, 0) is 37.3 Å². The number of fused-ring (bicyclic) bond motifs is 1. The van der Waals surface area contributed by atoms with Crippen LogP contribution in [0, 0.1) is 6.92 Å². The minimum absolute atomic E-state index is 0.0631. The summed E-state index contributed by atoms with van der Waals surface area (Å²) >= 11 is 5.98. The van der Waals surface area contributed by atoms with Gasteiger partial charge in [0.05, 0.1) is 18.3 Å². The fraction of sp³-hybridized carbons (Fsp3) is 0.158. The van der Waals surface area contributed by atoms with Crippen molar-refractivity contribution in [3.8, 4) is 5.75 Å². The summed E-state index contributed by atoms with van der Waals surface area (Å²) in [6.07, 6.45) is 1.62. The van der Waals surface area contributed by atoms with Gasteiger partial charge in [-0.25, -0.2) is 0 Å². The molecule has 0 bridgehead atoms. The van der Waals surface area contributed by atoms with E-state index in [1.165, 1.54) is 13.2 Å². The highest BCUT2D eigenvalue weighted by molar-refractivity contribution is 6.31. The van der Waals surface area contributed by atoms with Crippen LogP contribution in [0.25, 0.3) is 10.9 Å². The largest absolute Gasteiger partial charge is 0.495 e. The average molecular weight is 357 g/mol. The second-order valence-corrected chi connectivity index (χ2v) is 6.16. The molecule has 128 valence electrons. The molecule has 3 aromatic rings. The summed E-state index contributed by atoms with van der Waals surface area (Å²) in [5.41, 5.74) is 2.15. The molecule has 0 aliphatic carbocycles. The molecule has 25 heavy (non-hydrogen) atoms. The van der Waals surface area contributed by atoms with Crippen LogP contribution in [-0.2, 0) is 11.3 Å². The zero-order valence-electron chi connectivity index (χ0n) is 13.9. The lowest BCUT2D eigenvalue weighted by Gasteiger charge is -2.13. The van der Waals surface area contributed by atoms with Crippen molar-refractivity contribution in [2.24, 2.45) is 0 Å². The molecule has 1 N–H and O–H groups in total. The number of anilines is 1. The second kappa shape index (κ2) is 6.99. The van der Waals surface area contributed by atoms with Gasteiger partial charge in [0.25, 0.3) is 0 Å². The van der Waals surface area contributed by atoms with Crippen LogP contribution in [0.4, 0.5) is 5.69 Å². The Morgan fingerprint density at radius 2 is 2.00 bits per heavy atom. The molecule has 1 aromatic heterocycles. The topological polar surface area (TPSA) is 60.3 Å². The maximum absolute atomic E-state index is 12.4. The summed E-state index contributed by atoms with van der Waals surface area (Å²) in [6.45, 7) is 1.99. The summed E-state index contributed by atoms with van der Waals surface area (Å²) in [7, 11) is 1.52. The van der Waals surface area contributed by atoms with E-state index >= 15 is 0 Å². The van der Waals surface area contributed by atoms with Crippen molar-refractivity contribution in [2.45, 2.75) is 13.5 Å². The van der Waals surface area contributed by atoms with Gasteiger partial charge in [-0.3, -0.25) is 9.59 Å². The van der Waals surface area contributed by atoms with Crippen LogP contribution in [0.3, 0.4) is 0 Å².